The number of nitrogens with zero attached hydrogens (tertiary/aromatic N) is 3. The minimum atomic E-state index is -0.000602. The van der Waals surface area contributed by atoms with Crippen LogP contribution in [0.5, 0.6) is 0 Å². The minimum absolute atomic E-state index is 0.000602. The lowest BCUT2D eigenvalue weighted by Crippen LogP contribution is -2.61. The van der Waals surface area contributed by atoms with E-state index in [1.807, 2.05) is 32.7 Å². The van der Waals surface area contributed by atoms with Crippen LogP contribution in [0.25, 0.3) is 0 Å². The molecule has 0 N–H and O–H groups in total. The second-order valence-electron chi connectivity index (χ2n) is 6.51. The summed E-state index contributed by atoms with van der Waals surface area (Å²) in [6, 6.07) is 0.817. The Bertz CT molecular complexity index is 398. The van der Waals surface area contributed by atoms with E-state index in [0.29, 0.717) is 12.6 Å². The van der Waals surface area contributed by atoms with Crippen LogP contribution < -0.4 is 0 Å². The van der Waals surface area contributed by atoms with Crippen LogP contribution in [0.3, 0.4) is 0 Å². The fraction of sp³-hybridized carbons (Fsp3) is 0.800. The van der Waals surface area contributed by atoms with Gasteiger partial charge in [0.05, 0.1) is 6.54 Å². The zero-order valence-corrected chi connectivity index (χ0v) is 17.0. The highest BCUT2D eigenvalue weighted by atomic mass is 16.2. The molecule has 1 heterocycles. The van der Waals surface area contributed by atoms with E-state index in [-0.39, 0.29) is 18.0 Å². The zero-order chi connectivity index (χ0) is 18.7. The van der Waals surface area contributed by atoms with Gasteiger partial charge in [0.2, 0.25) is 5.91 Å². The summed E-state index contributed by atoms with van der Waals surface area (Å²) < 4.78 is 0. The molecule has 0 radical (unpaired) electrons. The SMILES string of the molecule is C=CC.CC.CC[C@@H]1C(=O)N(C)CC(=NC(C)C)N1C1CCCC1. The van der Waals surface area contributed by atoms with Crippen molar-refractivity contribution < 1.29 is 4.79 Å². The molecular weight excluding hydrogens is 298 g/mol. The summed E-state index contributed by atoms with van der Waals surface area (Å²) in [6.45, 7) is 16.2. The molecule has 4 heteroatoms. The molecule has 0 aromatic carbocycles. The van der Waals surface area contributed by atoms with E-state index in [0.717, 1.165) is 12.3 Å². The summed E-state index contributed by atoms with van der Waals surface area (Å²) in [5, 5.41) is 0. The number of hydrogen-bond acceptors (Lipinski definition) is 2. The predicted octanol–water partition coefficient (Wildman–Crippen LogP) is 4.51. The Morgan fingerprint density at radius 2 is 1.79 bits per heavy atom. The van der Waals surface area contributed by atoms with Crippen LogP contribution in [-0.2, 0) is 4.79 Å². The number of likely N-dealkylation sites (N-methyl/N-ethyl adjacent to an activating group) is 1. The van der Waals surface area contributed by atoms with E-state index in [4.69, 9.17) is 4.99 Å². The van der Waals surface area contributed by atoms with E-state index in [9.17, 15) is 4.79 Å². The van der Waals surface area contributed by atoms with Crippen molar-refractivity contribution >= 4 is 11.7 Å². The molecule has 1 atom stereocenters. The smallest absolute Gasteiger partial charge is 0.245 e. The van der Waals surface area contributed by atoms with E-state index < -0.39 is 0 Å². The number of piperazine rings is 1. The largest absolute Gasteiger partial charge is 0.344 e. The van der Waals surface area contributed by atoms with Gasteiger partial charge in [0, 0.05) is 19.1 Å². The van der Waals surface area contributed by atoms with Crippen molar-refractivity contribution in [3.05, 3.63) is 12.7 Å². The van der Waals surface area contributed by atoms with Crippen LogP contribution in [0, 0.1) is 0 Å². The Kier molecular flexibility index (Phi) is 11.4. The Hall–Kier alpha value is -1.32. The lowest BCUT2D eigenvalue weighted by Gasteiger charge is -2.44. The number of carbonyl (C=O) groups excluding carboxylic acids is 1. The summed E-state index contributed by atoms with van der Waals surface area (Å²) in [5.74, 6) is 1.38. The first-order chi connectivity index (χ1) is 11.5. The molecule has 0 unspecified atom stereocenters. The topological polar surface area (TPSA) is 35.9 Å². The van der Waals surface area contributed by atoms with E-state index in [2.05, 4.69) is 32.3 Å². The number of rotatable bonds is 3. The molecule has 140 valence electrons. The third-order valence-electron chi connectivity index (χ3n) is 4.19. The van der Waals surface area contributed by atoms with Crippen molar-refractivity contribution in [1.82, 2.24) is 9.80 Å². The van der Waals surface area contributed by atoms with Crippen LogP contribution in [0.2, 0.25) is 0 Å². The molecular formula is C20H39N3O. The summed E-state index contributed by atoms with van der Waals surface area (Å²) in [6.07, 6.45) is 7.62. The van der Waals surface area contributed by atoms with Gasteiger partial charge in [0.25, 0.3) is 0 Å². The molecule has 2 fully saturated rings. The molecule has 2 rings (SSSR count). The average Bonchev–Trinajstić information content (AvgIpc) is 3.06. The van der Waals surface area contributed by atoms with Gasteiger partial charge in [0.1, 0.15) is 11.9 Å². The monoisotopic (exact) mass is 337 g/mol. The lowest BCUT2D eigenvalue weighted by atomic mass is 10.0. The molecule has 1 aliphatic carbocycles. The maximum Gasteiger partial charge on any atom is 0.245 e. The maximum absolute atomic E-state index is 12.4. The van der Waals surface area contributed by atoms with Crippen molar-refractivity contribution in [3.8, 4) is 0 Å². The van der Waals surface area contributed by atoms with Gasteiger partial charge >= 0.3 is 0 Å². The van der Waals surface area contributed by atoms with Gasteiger partial charge in [-0.15, -0.1) is 6.58 Å². The van der Waals surface area contributed by atoms with Gasteiger partial charge in [-0.05, 0) is 40.0 Å². The third-order valence-corrected chi connectivity index (χ3v) is 4.19. The van der Waals surface area contributed by atoms with Crippen LogP contribution in [0.15, 0.2) is 17.6 Å². The summed E-state index contributed by atoms with van der Waals surface area (Å²) in [4.78, 5) is 21.4. The molecule has 2 aliphatic rings. The fourth-order valence-corrected chi connectivity index (χ4v) is 3.35. The zero-order valence-electron chi connectivity index (χ0n) is 17.0. The van der Waals surface area contributed by atoms with Gasteiger partial charge in [0.15, 0.2) is 0 Å². The van der Waals surface area contributed by atoms with Crippen LogP contribution in [0.1, 0.15) is 73.6 Å². The molecule has 0 aromatic heterocycles. The molecule has 4 nitrogen and oxygen atoms in total. The Labute approximate surface area is 150 Å². The quantitative estimate of drug-likeness (QED) is 0.711. The number of amides is 1. The van der Waals surface area contributed by atoms with E-state index in [1.54, 1.807) is 6.08 Å². The first kappa shape index (κ1) is 22.7. The molecule has 0 aromatic rings. The average molecular weight is 338 g/mol. The number of allylic oxidation sites excluding steroid dienone is 1. The van der Waals surface area contributed by atoms with Crippen molar-refractivity contribution in [2.75, 3.05) is 13.6 Å². The van der Waals surface area contributed by atoms with Gasteiger partial charge in [-0.3, -0.25) is 9.79 Å². The molecule has 0 spiro atoms. The molecule has 1 amide bonds. The van der Waals surface area contributed by atoms with Crippen molar-refractivity contribution in [1.29, 1.82) is 0 Å². The highest BCUT2D eigenvalue weighted by Crippen LogP contribution is 2.29. The normalized spacial score (nSPS) is 22.9. The fourth-order valence-electron chi connectivity index (χ4n) is 3.35. The summed E-state index contributed by atoms with van der Waals surface area (Å²) in [5.41, 5.74) is 0. The number of amidine groups is 1. The molecule has 24 heavy (non-hydrogen) atoms. The molecule has 1 aliphatic heterocycles. The van der Waals surface area contributed by atoms with Crippen molar-refractivity contribution in [2.45, 2.75) is 91.8 Å². The Balaban J connectivity index is 0.000000952. The van der Waals surface area contributed by atoms with E-state index >= 15 is 0 Å². The van der Waals surface area contributed by atoms with Gasteiger partial charge in [-0.1, -0.05) is 39.7 Å². The highest BCUT2D eigenvalue weighted by molar-refractivity contribution is 5.97. The van der Waals surface area contributed by atoms with E-state index in [1.165, 1.54) is 25.7 Å². The number of carbonyl (C=O) groups is 1. The number of hydrogen-bond donors (Lipinski definition) is 0. The third kappa shape index (κ3) is 6.29. The van der Waals surface area contributed by atoms with Crippen molar-refractivity contribution in [2.24, 2.45) is 4.99 Å². The second kappa shape index (κ2) is 12.1. The molecule has 1 saturated carbocycles. The minimum Gasteiger partial charge on any atom is -0.344 e. The standard InChI is InChI=1S/C15H27N3O.C3H6.C2H6/c1-5-13-15(19)17(4)10-14(16-11(2)3)18(13)12-8-6-7-9-12;1-3-2;1-2/h11-13H,5-10H2,1-4H3;3H,1H2,2H3;1-2H3/t13-;;/m1../s1. The molecule has 1 saturated heterocycles. The Morgan fingerprint density at radius 3 is 2.21 bits per heavy atom. The van der Waals surface area contributed by atoms with Crippen LogP contribution in [-0.4, -0.2) is 53.3 Å². The summed E-state index contributed by atoms with van der Waals surface area (Å²) >= 11 is 0. The highest BCUT2D eigenvalue weighted by Gasteiger charge is 2.39. The number of aliphatic imine (C=N–C) groups is 1. The maximum atomic E-state index is 12.4. The predicted molar refractivity (Wildman–Crippen MR) is 106 cm³/mol. The van der Waals surface area contributed by atoms with Crippen molar-refractivity contribution in [3.63, 3.8) is 0 Å². The van der Waals surface area contributed by atoms with Crippen LogP contribution >= 0.6 is 0 Å². The van der Waals surface area contributed by atoms with Gasteiger partial charge in [-0.25, -0.2) is 0 Å². The Morgan fingerprint density at radius 1 is 1.29 bits per heavy atom. The molecule has 0 bridgehead atoms. The van der Waals surface area contributed by atoms with Gasteiger partial charge < -0.3 is 9.80 Å². The lowest BCUT2D eigenvalue weighted by molar-refractivity contribution is -0.136. The van der Waals surface area contributed by atoms with Gasteiger partial charge in [-0.2, -0.15) is 0 Å². The second-order valence-corrected chi connectivity index (χ2v) is 6.51. The first-order valence-corrected chi connectivity index (χ1v) is 9.63. The first-order valence-electron chi connectivity index (χ1n) is 9.63. The van der Waals surface area contributed by atoms with Crippen LogP contribution in [0.4, 0.5) is 0 Å². The summed E-state index contributed by atoms with van der Waals surface area (Å²) in [7, 11) is 1.90.